The lowest BCUT2D eigenvalue weighted by molar-refractivity contribution is -0.136. The van der Waals surface area contributed by atoms with Gasteiger partial charge < -0.3 is 9.64 Å². The minimum absolute atomic E-state index is 0.113. The van der Waals surface area contributed by atoms with Gasteiger partial charge in [-0.3, -0.25) is 18.7 Å². The van der Waals surface area contributed by atoms with Crippen molar-refractivity contribution in [2.45, 2.75) is 31.4 Å². The molecule has 8 nitrogen and oxygen atoms in total. The van der Waals surface area contributed by atoms with Crippen LogP contribution in [-0.4, -0.2) is 51.7 Å². The van der Waals surface area contributed by atoms with Crippen molar-refractivity contribution in [1.29, 1.82) is 0 Å². The van der Waals surface area contributed by atoms with Crippen LogP contribution in [0.15, 0.2) is 15.7 Å². The van der Waals surface area contributed by atoms with Gasteiger partial charge in [-0.25, -0.2) is 9.78 Å². The molecular formula is C19H23F3N4O4. The number of aromatic nitrogens is 3. The molecule has 1 atom stereocenters. The molecule has 0 saturated carbocycles. The summed E-state index contributed by atoms with van der Waals surface area (Å²) in [5, 5.41) is -0.639. The Hall–Kier alpha value is -2.69. The number of rotatable bonds is 4. The summed E-state index contributed by atoms with van der Waals surface area (Å²) < 4.78 is 47.9. The Labute approximate surface area is 169 Å². The van der Waals surface area contributed by atoms with E-state index in [1.54, 1.807) is 4.90 Å². The van der Waals surface area contributed by atoms with Crippen LogP contribution in [0.2, 0.25) is 0 Å². The number of methoxy groups -OCH3 is 1. The Morgan fingerprint density at radius 3 is 2.60 bits per heavy atom. The smallest absolute Gasteiger partial charge is 0.384 e. The van der Waals surface area contributed by atoms with Gasteiger partial charge in [0, 0.05) is 45.9 Å². The van der Waals surface area contributed by atoms with E-state index in [0.29, 0.717) is 24.0 Å². The number of alkyl halides is 3. The summed E-state index contributed by atoms with van der Waals surface area (Å²) in [6.45, 7) is 0.993. The van der Waals surface area contributed by atoms with E-state index in [1.165, 1.54) is 14.2 Å². The molecule has 2 aromatic rings. The van der Waals surface area contributed by atoms with Crippen molar-refractivity contribution in [2.75, 3.05) is 26.8 Å². The fourth-order valence-electron chi connectivity index (χ4n) is 3.80. The highest BCUT2D eigenvalue weighted by molar-refractivity contribution is 5.79. The first-order valence-corrected chi connectivity index (χ1v) is 9.50. The summed E-state index contributed by atoms with van der Waals surface area (Å²) in [7, 11) is 3.89. The van der Waals surface area contributed by atoms with Crippen LogP contribution in [0.3, 0.4) is 0 Å². The highest BCUT2D eigenvalue weighted by Crippen LogP contribution is 2.36. The standard InChI is InChI=1S/C19H23F3N4O4/c1-24-16-15(17(28)25(2)18(24)29)12(19(20,21)22)9-13(23-16)11-5-4-7-26(10-11)14(27)6-8-30-3/h9,11H,4-8,10H2,1-3H3/t11-/m0/s1. The van der Waals surface area contributed by atoms with E-state index in [1.807, 2.05) is 0 Å². The van der Waals surface area contributed by atoms with Crippen LogP contribution in [-0.2, 0) is 29.8 Å². The van der Waals surface area contributed by atoms with E-state index in [9.17, 15) is 27.6 Å². The number of likely N-dealkylation sites (tertiary alicyclic amines) is 1. The number of halogens is 3. The Morgan fingerprint density at radius 1 is 1.27 bits per heavy atom. The van der Waals surface area contributed by atoms with Crippen LogP contribution in [0.1, 0.15) is 36.4 Å². The number of amides is 1. The molecule has 164 valence electrons. The van der Waals surface area contributed by atoms with Crippen molar-refractivity contribution in [2.24, 2.45) is 14.1 Å². The SMILES string of the molecule is COCCC(=O)N1CCC[C@H](c2cc(C(F)(F)F)c3c(=O)n(C)c(=O)n(C)c3n2)C1. The summed E-state index contributed by atoms with van der Waals surface area (Å²) in [5.74, 6) is -0.574. The molecule has 0 aromatic carbocycles. The Kier molecular flexibility index (Phi) is 6.02. The summed E-state index contributed by atoms with van der Waals surface area (Å²) in [5.41, 5.74) is -3.12. The van der Waals surface area contributed by atoms with E-state index < -0.39 is 34.3 Å². The van der Waals surface area contributed by atoms with E-state index in [2.05, 4.69) is 4.98 Å². The molecule has 0 unspecified atom stereocenters. The van der Waals surface area contributed by atoms with Crippen molar-refractivity contribution >= 4 is 16.9 Å². The first-order chi connectivity index (χ1) is 14.1. The number of carbonyl (C=O) groups excluding carboxylic acids is 1. The predicted molar refractivity (Wildman–Crippen MR) is 102 cm³/mol. The normalized spacial score (nSPS) is 17.5. The van der Waals surface area contributed by atoms with E-state index in [-0.39, 0.29) is 36.8 Å². The van der Waals surface area contributed by atoms with Gasteiger partial charge in [0.15, 0.2) is 0 Å². The van der Waals surface area contributed by atoms with Gasteiger partial charge >= 0.3 is 11.9 Å². The molecule has 1 saturated heterocycles. The second-order valence-corrected chi connectivity index (χ2v) is 7.42. The fraction of sp³-hybridized carbons (Fsp3) is 0.579. The number of piperidine rings is 1. The second kappa shape index (κ2) is 8.21. The number of fused-ring (bicyclic) bond motifs is 1. The van der Waals surface area contributed by atoms with Gasteiger partial charge in [0.1, 0.15) is 5.65 Å². The summed E-state index contributed by atoms with van der Waals surface area (Å²) in [6, 6.07) is 0.877. The van der Waals surface area contributed by atoms with Crippen LogP contribution >= 0.6 is 0 Å². The van der Waals surface area contributed by atoms with Crippen LogP contribution in [0.5, 0.6) is 0 Å². The lowest BCUT2D eigenvalue weighted by atomic mass is 9.92. The fourth-order valence-corrected chi connectivity index (χ4v) is 3.80. The number of hydrogen-bond donors (Lipinski definition) is 0. The van der Waals surface area contributed by atoms with Gasteiger partial charge in [-0.1, -0.05) is 0 Å². The van der Waals surface area contributed by atoms with Crippen molar-refractivity contribution < 1.29 is 22.7 Å². The molecule has 1 amide bonds. The van der Waals surface area contributed by atoms with Gasteiger partial charge in [-0.2, -0.15) is 13.2 Å². The summed E-state index contributed by atoms with van der Waals surface area (Å²) in [6.07, 6.45) is -3.46. The molecular weight excluding hydrogens is 405 g/mol. The zero-order valence-corrected chi connectivity index (χ0v) is 17.0. The van der Waals surface area contributed by atoms with Crippen LogP contribution in [0.4, 0.5) is 13.2 Å². The molecule has 0 N–H and O–H groups in total. The van der Waals surface area contributed by atoms with Crippen molar-refractivity contribution in [3.05, 3.63) is 38.2 Å². The quantitative estimate of drug-likeness (QED) is 0.735. The number of hydrogen-bond acceptors (Lipinski definition) is 5. The third-order valence-corrected chi connectivity index (χ3v) is 5.45. The molecule has 11 heteroatoms. The molecule has 30 heavy (non-hydrogen) atoms. The predicted octanol–water partition coefficient (Wildman–Crippen LogP) is 1.39. The van der Waals surface area contributed by atoms with Gasteiger partial charge in [0.2, 0.25) is 5.91 Å². The van der Waals surface area contributed by atoms with Crippen LogP contribution in [0.25, 0.3) is 11.0 Å². The van der Waals surface area contributed by atoms with E-state index in [0.717, 1.165) is 17.7 Å². The average Bonchev–Trinajstić information content (AvgIpc) is 2.73. The molecule has 1 aliphatic heterocycles. The minimum atomic E-state index is -4.80. The highest BCUT2D eigenvalue weighted by atomic mass is 19.4. The minimum Gasteiger partial charge on any atom is -0.384 e. The second-order valence-electron chi connectivity index (χ2n) is 7.42. The van der Waals surface area contributed by atoms with Crippen LogP contribution in [0, 0.1) is 0 Å². The average molecular weight is 428 g/mol. The molecule has 2 aromatic heterocycles. The van der Waals surface area contributed by atoms with Gasteiger partial charge in [0.25, 0.3) is 5.56 Å². The number of aryl methyl sites for hydroxylation is 1. The molecule has 1 fully saturated rings. The Bertz CT molecular complexity index is 1090. The molecule has 0 aliphatic carbocycles. The lowest BCUT2D eigenvalue weighted by Crippen LogP contribution is -2.40. The van der Waals surface area contributed by atoms with Crippen molar-refractivity contribution in [3.63, 3.8) is 0 Å². The number of carbonyl (C=O) groups is 1. The molecule has 0 bridgehead atoms. The number of ether oxygens (including phenoxy) is 1. The Morgan fingerprint density at radius 2 is 1.97 bits per heavy atom. The highest BCUT2D eigenvalue weighted by Gasteiger charge is 2.37. The molecule has 3 heterocycles. The van der Waals surface area contributed by atoms with Crippen molar-refractivity contribution in [1.82, 2.24) is 19.0 Å². The third kappa shape index (κ3) is 3.98. The van der Waals surface area contributed by atoms with E-state index >= 15 is 0 Å². The lowest BCUT2D eigenvalue weighted by Gasteiger charge is -2.33. The molecule has 0 spiro atoms. The van der Waals surface area contributed by atoms with Gasteiger partial charge in [-0.15, -0.1) is 0 Å². The molecule has 3 rings (SSSR count). The Balaban J connectivity index is 2.12. The summed E-state index contributed by atoms with van der Waals surface area (Å²) >= 11 is 0. The first-order valence-electron chi connectivity index (χ1n) is 9.50. The van der Waals surface area contributed by atoms with Crippen LogP contribution < -0.4 is 11.2 Å². The molecule has 0 radical (unpaired) electrons. The van der Waals surface area contributed by atoms with Gasteiger partial charge in [-0.05, 0) is 18.9 Å². The topological polar surface area (TPSA) is 86.4 Å². The zero-order valence-electron chi connectivity index (χ0n) is 17.0. The maximum Gasteiger partial charge on any atom is 0.417 e. The van der Waals surface area contributed by atoms with Gasteiger partial charge in [0.05, 0.1) is 24.0 Å². The maximum absolute atomic E-state index is 13.8. The molecule has 1 aliphatic rings. The third-order valence-electron chi connectivity index (χ3n) is 5.45. The maximum atomic E-state index is 13.8. The number of nitrogens with zero attached hydrogens (tertiary/aromatic N) is 4. The zero-order chi connectivity index (χ0) is 22.2. The summed E-state index contributed by atoms with van der Waals surface area (Å²) in [4.78, 5) is 42.9. The monoisotopic (exact) mass is 428 g/mol. The van der Waals surface area contributed by atoms with E-state index in [4.69, 9.17) is 4.74 Å². The largest absolute Gasteiger partial charge is 0.417 e. The number of pyridine rings is 1. The first kappa shape index (κ1) is 22.0. The van der Waals surface area contributed by atoms with Crippen molar-refractivity contribution in [3.8, 4) is 0 Å².